The minimum absolute atomic E-state index is 0.0370. The van der Waals surface area contributed by atoms with Gasteiger partial charge in [0.05, 0.1) is 13.0 Å². The van der Waals surface area contributed by atoms with Crippen LogP contribution in [0.5, 0.6) is 5.75 Å². The minimum Gasteiger partial charge on any atom is -0.494 e. The highest BCUT2D eigenvalue weighted by atomic mass is 19.1. The van der Waals surface area contributed by atoms with Gasteiger partial charge in [-0.15, -0.1) is 0 Å². The molecule has 0 spiro atoms. The third-order valence-corrected chi connectivity index (χ3v) is 6.75. The molecule has 0 saturated heterocycles. The van der Waals surface area contributed by atoms with Gasteiger partial charge in [0.1, 0.15) is 11.6 Å². The van der Waals surface area contributed by atoms with E-state index in [0.717, 1.165) is 11.3 Å². The Morgan fingerprint density at radius 1 is 0.810 bits per heavy atom. The van der Waals surface area contributed by atoms with Crippen LogP contribution in [0.25, 0.3) is 11.1 Å². The molecule has 42 heavy (non-hydrogen) atoms. The Morgan fingerprint density at radius 2 is 1.48 bits per heavy atom. The summed E-state index contributed by atoms with van der Waals surface area (Å²) < 4.78 is 19.1. The number of carboxylic acid groups (broad SMARTS) is 1. The zero-order valence-corrected chi connectivity index (χ0v) is 23.4. The van der Waals surface area contributed by atoms with E-state index in [0.29, 0.717) is 47.4 Å². The van der Waals surface area contributed by atoms with Crippen molar-refractivity contribution in [3.63, 3.8) is 0 Å². The van der Waals surface area contributed by atoms with Gasteiger partial charge in [0.25, 0.3) is 11.8 Å². The van der Waals surface area contributed by atoms with Crippen LogP contribution in [-0.4, -0.2) is 47.5 Å². The zero-order valence-electron chi connectivity index (χ0n) is 23.4. The molecule has 0 saturated carbocycles. The van der Waals surface area contributed by atoms with Crippen molar-refractivity contribution in [2.24, 2.45) is 0 Å². The zero-order chi connectivity index (χ0) is 29.9. The predicted octanol–water partition coefficient (Wildman–Crippen LogP) is 5.98. The highest BCUT2D eigenvalue weighted by Gasteiger charge is 2.22. The van der Waals surface area contributed by atoms with Gasteiger partial charge >= 0.3 is 5.97 Å². The maximum atomic E-state index is 13.9. The smallest absolute Gasteiger partial charge is 0.305 e. The fraction of sp³-hybridized carbons (Fsp3) is 0.206. The number of amides is 2. The number of nitrogens with zero attached hydrogens (tertiary/aromatic N) is 1. The molecule has 0 fully saturated rings. The van der Waals surface area contributed by atoms with Crippen LogP contribution in [0.2, 0.25) is 0 Å². The lowest BCUT2D eigenvalue weighted by Gasteiger charge is -2.24. The molecule has 0 aliphatic rings. The summed E-state index contributed by atoms with van der Waals surface area (Å²) in [6, 6.07) is 27.5. The van der Waals surface area contributed by atoms with Crippen LogP contribution in [0.4, 0.5) is 4.39 Å². The number of aliphatic carboxylic acids is 1. The van der Waals surface area contributed by atoms with Gasteiger partial charge in [0.15, 0.2) is 0 Å². The standard InChI is InChI=1S/C34H33FN2O5/c1-2-42-27-16-14-24(15-17-27)18-20-37(21-19-32(38)39)34(41)31-13-6-4-11-29(31)28-10-3-5-12-30(28)33(40)36-23-25-8-7-9-26(35)22-25/h3-17,22H,2,18-21,23H2,1H3,(H,36,40)(H,38,39). The van der Waals surface area contributed by atoms with Crippen LogP contribution in [0.3, 0.4) is 0 Å². The van der Waals surface area contributed by atoms with E-state index in [-0.39, 0.29) is 37.1 Å². The van der Waals surface area contributed by atoms with Crippen molar-refractivity contribution in [2.75, 3.05) is 19.7 Å². The molecule has 0 bridgehead atoms. The van der Waals surface area contributed by atoms with E-state index in [1.165, 1.54) is 17.0 Å². The summed E-state index contributed by atoms with van der Waals surface area (Å²) in [4.78, 5) is 40.1. The largest absolute Gasteiger partial charge is 0.494 e. The van der Waals surface area contributed by atoms with Crippen molar-refractivity contribution in [1.29, 1.82) is 0 Å². The van der Waals surface area contributed by atoms with E-state index < -0.39 is 5.97 Å². The summed E-state index contributed by atoms with van der Waals surface area (Å²) in [6.45, 7) is 2.96. The van der Waals surface area contributed by atoms with Gasteiger partial charge in [0, 0.05) is 30.8 Å². The number of nitrogens with one attached hydrogen (secondary N) is 1. The summed E-state index contributed by atoms with van der Waals surface area (Å²) in [6.07, 6.45) is 0.329. The molecule has 7 nitrogen and oxygen atoms in total. The first-order chi connectivity index (χ1) is 20.4. The van der Waals surface area contributed by atoms with Crippen molar-refractivity contribution in [3.05, 3.63) is 125 Å². The van der Waals surface area contributed by atoms with Crippen molar-refractivity contribution >= 4 is 17.8 Å². The van der Waals surface area contributed by atoms with Gasteiger partial charge in [-0.1, -0.05) is 60.7 Å². The summed E-state index contributed by atoms with van der Waals surface area (Å²) in [7, 11) is 0. The number of carbonyl (C=O) groups is 3. The predicted molar refractivity (Wildman–Crippen MR) is 159 cm³/mol. The second-order valence-electron chi connectivity index (χ2n) is 9.67. The van der Waals surface area contributed by atoms with E-state index >= 15 is 0 Å². The Morgan fingerprint density at radius 3 is 2.14 bits per heavy atom. The number of ether oxygens (including phenoxy) is 1. The SMILES string of the molecule is CCOc1ccc(CCN(CCC(=O)O)C(=O)c2ccccc2-c2ccccc2C(=O)NCc2cccc(F)c2)cc1. The highest BCUT2D eigenvalue weighted by Crippen LogP contribution is 2.28. The Kier molecular flexibility index (Phi) is 10.4. The van der Waals surface area contributed by atoms with Gasteiger partial charge in [0.2, 0.25) is 0 Å². The normalized spacial score (nSPS) is 10.6. The van der Waals surface area contributed by atoms with E-state index in [9.17, 15) is 23.9 Å². The van der Waals surface area contributed by atoms with Gasteiger partial charge in [-0.25, -0.2) is 4.39 Å². The van der Waals surface area contributed by atoms with Crippen LogP contribution < -0.4 is 10.1 Å². The summed E-state index contributed by atoms with van der Waals surface area (Å²) in [5.41, 5.74) is 3.45. The quantitative estimate of drug-likeness (QED) is 0.207. The molecule has 0 atom stereocenters. The number of benzene rings is 4. The van der Waals surface area contributed by atoms with Crippen molar-refractivity contribution in [1.82, 2.24) is 10.2 Å². The van der Waals surface area contributed by atoms with Crippen molar-refractivity contribution in [3.8, 4) is 16.9 Å². The minimum atomic E-state index is -0.998. The molecular weight excluding hydrogens is 535 g/mol. The molecule has 2 amide bonds. The van der Waals surface area contributed by atoms with E-state index in [4.69, 9.17) is 4.74 Å². The molecule has 0 aliphatic heterocycles. The third-order valence-electron chi connectivity index (χ3n) is 6.75. The van der Waals surface area contributed by atoms with Crippen LogP contribution in [0, 0.1) is 5.82 Å². The van der Waals surface area contributed by atoms with Gasteiger partial charge in [-0.05, 0) is 72.0 Å². The highest BCUT2D eigenvalue weighted by molar-refractivity contribution is 6.06. The lowest BCUT2D eigenvalue weighted by atomic mass is 9.94. The van der Waals surface area contributed by atoms with Crippen LogP contribution in [0.15, 0.2) is 97.1 Å². The third kappa shape index (κ3) is 8.04. The second kappa shape index (κ2) is 14.6. The molecule has 0 unspecified atom stereocenters. The van der Waals surface area contributed by atoms with Gasteiger partial charge in [-0.2, -0.15) is 0 Å². The molecule has 216 valence electrons. The Bertz CT molecular complexity index is 1540. The Hall–Kier alpha value is -4.98. The number of hydrogen-bond donors (Lipinski definition) is 2. The van der Waals surface area contributed by atoms with Crippen molar-refractivity contribution in [2.45, 2.75) is 26.3 Å². The van der Waals surface area contributed by atoms with Crippen molar-refractivity contribution < 1.29 is 28.6 Å². The Labute approximate surface area is 244 Å². The first-order valence-electron chi connectivity index (χ1n) is 13.8. The molecule has 2 N–H and O–H groups in total. The molecule has 0 heterocycles. The Balaban J connectivity index is 1.58. The van der Waals surface area contributed by atoms with Crippen LogP contribution in [-0.2, 0) is 17.8 Å². The molecule has 4 aromatic rings. The summed E-state index contributed by atoms with van der Waals surface area (Å²) in [5.74, 6) is -1.32. The summed E-state index contributed by atoms with van der Waals surface area (Å²) in [5, 5.41) is 12.2. The molecule has 0 aliphatic carbocycles. The number of carbonyl (C=O) groups excluding carboxylic acids is 2. The monoisotopic (exact) mass is 568 g/mol. The maximum absolute atomic E-state index is 13.9. The van der Waals surface area contributed by atoms with Gasteiger partial charge in [-0.3, -0.25) is 14.4 Å². The lowest BCUT2D eigenvalue weighted by Crippen LogP contribution is -2.35. The average Bonchev–Trinajstić information content (AvgIpc) is 3.00. The fourth-order valence-electron chi connectivity index (χ4n) is 4.64. The number of carboxylic acids is 1. The average molecular weight is 569 g/mol. The van der Waals surface area contributed by atoms with Crippen LogP contribution in [0.1, 0.15) is 45.2 Å². The number of hydrogen-bond acceptors (Lipinski definition) is 4. The lowest BCUT2D eigenvalue weighted by molar-refractivity contribution is -0.137. The summed E-state index contributed by atoms with van der Waals surface area (Å²) >= 11 is 0. The van der Waals surface area contributed by atoms with Crippen LogP contribution >= 0.6 is 0 Å². The molecule has 0 radical (unpaired) electrons. The molecule has 4 aromatic carbocycles. The molecule has 4 rings (SSSR count). The first kappa shape index (κ1) is 30.0. The topological polar surface area (TPSA) is 95.9 Å². The second-order valence-corrected chi connectivity index (χ2v) is 9.67. The first-order valence-corrected chi connectivity index (χ1v) is 13.8. The molecule has 0 aromatic heterocycles. The maximum Gasteiger partial charge on any atom is 0.305 e. The van der Waals surface area contributed by atoms with E-state index in [1.807, 2.05) is 31.2 Å². The molecular formula is C34H33FN2O5. The van der Waals surface area contributed by atoms with E-state index in [1.54, 1.807) is 60.7 Å². The van der Waals surface area contributed by atoms with Gasteiger partial charge < -0.3 is 20.1 Å². The number of halogens is 1. The molecule has 8 heteroatoms. The fourth-order valence-corrected chi connectivity index (χ4v) is 4.64. The van der Waals surface area contributed by atoms with E-state index in [2.05, 4.69) is 5.32 Å². The number of rotatable bonds is 13.